The highest BCUT2D eigenvalue weighted by atomic mass is 19.1. The van der Waals surface area contributed by atoms with Crippen molar-refractivity contribution in [3.63, 3.8) is 0 Å². The van der Waals surface area contributed by atoms with Gasteiger partial charge in [0.2, 0.25) is 0 Å². The zero-order valence-electron chi connectivity index (χ0n) is 11.5. The van der Waals surface area contributed by atoms with E-state index in [0.29, 0.717) is 24.7 Å². The number of nitrogens with zero attached hydrogens (tertiary/aromatic N) is 1. The van der Waals surface area contributed by atoms with Gasteiger partial charge in [0.05, 0.1) is 18.4 Å². The maximum Gasteiger partial charge on any atom is 0.336 e. The second kappa shape index (κ2) is 5.69. The van der Waals surface area contributed by atoms with Crippen molar-refractivity contribution in [1.29, 1.82) is 0 Å². The van der Waals surface area contributed by atoms with Crippen LogP contribution in [-0.4, -0.2) is 22.0 Å². The molecule has 2 aromatic rings. The van der Waals surface area contributed by atoms with Crippen LogP contribution in [0.4, 0.5) is 4.39 Å². The standard InChI is InChI=1S/C16H16FNO3/c17-12-3-6-15(16(19)20)11(8-12)9-18(13-4-5-13)10-14-2-1-7-21-14/h1-3,6-8,13H,4-5,9-10H2,(H,19,20). The molecule has 0 saturated heterocycles. The summed E-state index contributed by atoms with van der Waals surface area (Å²) in [6.45, 7) is 1.01. The highest BCUT2D eigenvalue weighted by molar-refractivity contribution is 5.89. The van der Waals surface area contributed by atoms with Crippen LogP contribution < -0.4 is 0 Å². The molecule has 1 aliphatic carbocycles. The molecule has 1 aliphatic rings. The molecule has 1 saturated carbocycles. The maximum atomic E-state index is 13.4. The third-order valence-electron chi connectivity index (χ3n) is 3.67. The quantitative estimate of drug-likeness (QED) is 0.886. The number of benzene rings is 1. The molecule has 0 aliphatic heterocycles. The highest BCUT2D eigenvalue weighted by Crippen LogP contribution is 2.30. The van der Waals surface area contributed by atoms with Crippen LogP contribution in [0.15, 0.2) is 41.0 Å². The van der Waals surface area contributed by atoms with Gasteiger partial charge in [0.25, 0.3) is 0 Å². The Kier molecular flexibility index (Phi) is 3.75. The van der Waals surface area contributed by atoms with Crippen molar-refractivity contribution in [3.05, 3.63) is 59.3 Å². The first-order valence-corrected chi connectivity index (χ1v) is 6.91. The molecular weight excluding hydrogens is 273 g/mol. The van der Waals surface area contributed by atoms with Gasteiger partial charge in [0.15, 0.2) is 0 Å². The molecular formula is C16H16FNO3. The van der Waals surface area contributed by atoms with Crippen LogP contribution in [0.3, 0.4) is 0 Å². The van der Waals surface area contributed by atoms with E-state index in [1.54, 1.807) is 6.26 Å². The number of rotatable bonds is 6. The molecule has 0 bridgehead atoms. The van der Waals surface area contributed by atoms with Crippen molar-refractivity contribution < 1.29 is 18.7 Å². The summed E-state index contributed by atoms with van der Waals surface area (Å²) in [7, 11) is 0. The van der Waals surface area contributed by atoms with Gasteiger partial charge in [-0.2, -0.15) is 0 Å². The van der Waals surface area contributed by atoms with Crippen molar-refractivity contribution in [2.45, 2.75) is 32.0 Å². The SMILES string of the molecule is O=C(O)c1ccc(F)cc1CN(Cc1ccco1)C1CC1. The molecule has 0 radical (unpaired) electrons. The molecule has 1 aromatic carbocycles. The third kappa shape index (κ3) is 3.31. The predicted octanol–water partition coefficient (Wildman–Crippen LogP) is 3.28. The van der Waals surface area contributed by atoms with Crippen LogP contribution in [-0.2, 0) is 13.1 Å². The molecule has 3 rings (SSSR count). The molecule has 0 unspecified atom stereocenters. The number of hydrogen-bond acceptors (Lipinski definition) is 3. The summed E-state index contributed by atoms with van der Waals surface area (Å²) >= 11 is 0. The van der Waals surface area contributed by atoms with E-state index in [9.17, 15) is 14.3 Å². The lowest BCUT2D eigenvalue weighted by Gasteiger charge is -2.21. The fourth-order valence-electron chi connectivity index (χ4n) is 2.48. The van der Waals surface area contributed by atoms with Gasteiger partial charge in [-0.1, -0.05) is 0 Å². The van der Waals surface area contributed by atoms with Crippen LogP contribution in [0.2, 0.25) is 0 Å². The second-order valence-corrected chi connectivity index (χ2v) is 5.32. The van der Waals surface area contributed by atoms with Crippen LogP contribution in [0, 0.1) is 5.82 Å². The Morgan fingerprint density at radius 1 is 1.33 bits per heavy atom. The Morgan fingerprint density at radius 2 is 2.14 bits per heavy atom. The van der Waals surface area contributed by atoms with Gasteiger partial charge >= 0.3 is 5.97 Å². The summed E-state index contributed by atoms with van der Waals surface area (Å²) < 4.78 is 18.8. The lowest BCUT2D eigenvalue weighted by molar-refractivity contribution is 0.0694. The minimum atomic E-state index is -1.03. The summed E-state index contributed by atoms with van der Waals surface area (Å²) in [5, 5.41) is 9.22. The lowest BCUT2D eigenvalue weighted by atomic mass is 10.1. The van der Waals surface area contributed by atoms with E-state index in [1.807, 2.05) is 12.1 Å². The zero-order chi connectivity index (χ0) is 14.8. The first kappa shape index (κ1) is 13.8. The van der Waals surface area contributed by atoms with Crippen molar-refractivity contribution in [1.82, 2.24) is 4.90 Å². The van der Waals surface area contributed by atoms with E-state index in [-0.39, 0.29) is 5.56 Å². The number of carboxylic acid groups (broad SMARTS) is 1. The molecule has 0 amide bonds. The number of halogens is 1. The van der Waals surface area contributed by atoms with Crippen molar-refractivity contribution in [2.24, 2.45) is 0 Å². The van der Waals surface area contributed by atoms with Gasteiger partial charge in [-0.3, -0.25) is 4.90 Å². The van der Waals surface area contributed by atoms with E-state index in [0.717, 1.165) is 18.6 Å². The summed E-state index contributed by atoms with van der Waals surface area (Å²) in [6.07, 6.45) is 3.78. The number of aromatic carboxylic acids is 1. The largest absolute Gasteiger partial charge is 0.478 e. The highest BCUT2D eigenvalue weighted by Gasteiger charge is 2.30. The molecule has 110 valence electrons. The number of furan rings is 1. The van der Waals surface area contributed by atoms with Crippen LogP contribution in [0.25, 0.3) is 0 Å². The maximum absolute atomic E-state index is 13.4. The number of carboxylic acids is 1. The molecule has 1 N–H and O–H groups in total. The average Bonchev–Trinajstić information content (AvgIpc) is 3.16. The molecule has 1 heterocycles. The number of carbonyl (C=O) groups is 1. The van der Waals surface area contributed by atoms with Crippen LogP contribution >= 0.6 is 0 Å². The van der Waals surface area contributed by atoms with E-state index >= 15 is 0 Å². The molecule has 0 spiro atoms. The molecule has 4 nitrogen and oxygen atoms in total. The van der Waals surface area contributed by atoms with E-state index in [4.69, 9.17) is 4.42 Å². The molecule has 1 fully saturated rings. The molecule has 0 atom stereocenters. The summed E-state index contributed by atoms with van der Waals surface area (Å²) in [5.74, 6) is -0.613. The number of hydrogen-bond donors (Lipinski definition) is 1. The normalized spacial score (nSPS) is 14.6. The first-order valence-electron chi connectivity index (χ1n) is 6.91. The minimum Gasteiger partial charge on any atom is -0.478 e. The Bertz CT molecular complexity index is 635. The van der Waals surface area contributed by atoms with Gasteiger partial charge in [-0.05, 0) is 48.7 Å². The van der Waals surface area contributed by atoms with Crippen LogP contribution in [0.5, 0.6) is 0 Å². The van der Waals surface area contributed by atoms with Gasteiger partial charge in [0, 0.05) is 12.6 Å². The average molecular weight is 289 g/mol. The Morgan fingerprint density at radius 3 is 2.76 bits per heavy atom. The first-order chi connectivity index (χ1) is 10.1. The van der Waals surface area contributed by atoms with Gasteiger partial charge in [0.1, 0.15) is 11.6 Å². The van der Waals surface area contributed by atoms with Crippen molar-refractivity contribution in [3.8, 4) is 0 Å². The topological polar surface area (TPSA) is 53.7 Å². The third-order valence-corrected chi connectivity index (χ3v) is 3.67. The molecule has 5 heteroatoms. The van der Waals surface area contributed by atoms with E-state index in [2.05, 4.69) is 4.90 Å². The zero-order valence-corrected chi connectivity index (χ0v) is 11.5. The second-order valence-electron chi connectivity index (χ2n) is 5.32. The van der Waals surface area contributed by atoms with Crippen molar-refractivity contribution >= 4 is 5.97 Å². The van der Waals surface area contributed by atoms with E-state index < -0.39 is 11.8 Å². The molecule has 1 aromatic heterocycles. The van der Waals surface area contributed by atoms with Gasteiger partial charge in [-0.25, -0.2) is 9.18 Å². The fourth-order valence-corrected chi connectivity index (χ4v) is 2.48. The Balaban J connectivity index is 1.82. The Hall–Kier alpha value is -2.14. The summed E-state index contributed by atoms with van der Waals surface area (Å²) in [4.78, 5) is 13.4. The fraction of sp³-hybridized carbons (Fsp3) is 0.312. The van der Waals surface area contributed by atoms with Crippen molar-refractivity contribution in [2.75, 3.05) is 0 Å². The van der Waals surface area contributed by atoms with Crippen LogP contribution in [0.1, 0.15) is 34.5 Å². The summed E-state index contributed by atoms with van der Waals surface area (Å²) in [5.41, 5.74) is 0.655. The summed E-state index contributed by atoms with van der Waals surface area (Å²) in [6, 6.07) is 7.94. The lowest BCUT2D eigenvalue weighted by Crippen LogP contribution is -2.26. The monoisotopic (exact) mass is 289 g/mol. The van der Waals surface area contributed by atoms with E-state index in [1.165, 1.54) is 18.2 Å². The van der Waals surface area contributed by atoms with Gasteiger partial charge in [-0.15, -0.1) is 0 Å². The molecule has 21 heavy (non-hydrogen) atoms. The Labute approximate surface area is 121 Å². The minimum absolute atomic E-state index is 0.154. The smallest absolute Gasteiger partial charge is 0.336 e. The van der Waals surface area contributed by atoms with Gasteiger partial charge < -0.3 is 9.52 Å². The predicted molar refractivity (Wildman–Crippen MR) is 74.3 cm³/mol.